The Balaban J connectivity index is 2.16. The van der Waals surface area contributed by atoms with Gasteiger partial charge in [0.05, 0.1) is 0 Å². The summed E-state index contributed by atoms with van der Waals surface area (Å²) in [6.45, 7) is 12.2. The van der Waals surface area contributed by atoms with Gasteiger partial charge in [0.25, 0.3) is 0 Å². The van der Waals surface area contributed by atoms with Crippen LogP contribution in [0.5, 0.6) is 0 Å². The van der Waals surface area contributed by atoms with Crippen molar-refractivity contribution in [1.82, 2.24) is 0 Å². The molecular formula is C28H34. The first-order valence-corrected chi connectivity index (χ1v) is 10.8. The van der Waals surface area contributed by atoms with Crippen LogP contribution in [0, 0.1) is 13.8 Å². The molecule has 0 atom stereocenters. The summed E-state index contributed by atoms with van der Waals surface area (Å²) in [6.07, 6.45) is 13.5. The van der Waals surface area contributed by atoms with Crippen molar-refractivity contribution in [3.8, 4) is 0 Å². The normalized spacial score (nSPS) is 11.2. The van der Waals surface area contributed by atoms with Crippen molar-refractivity contribution in [2.75, 3.05) is 0 Å². The molecule has 0 amide bonds. The molecule has 0 heteroatoms. The van der Waals surface area contributed by atoms with E-state index in [2.05, 4.69) is 63.4 Å². The van der Waals surface area contributed by atoms with Gasteiger partial charge in [-0.25, -0.2) is 0 Å². The number of aryl methyl sites for hydroxylation is 4. The van der Waals surface area contributed by atoms with E-state index in [1.165, 1.54) is 58.4 Å². The van der Waals surface area contributed by atoms with E-state index in [1.54, 1.807) is 11.1 Å². The van der Waals surface area contributed by atoms with Gasteiger partial charge in [0.1, 0.15) is 0 Å². The van der Waals surface area contributed by atoms with Gasteiger partial charge < -0.3 is 0 Å². The third kappa shape index (κ3) is 4.55. The van der Waals surface area contributed by atoms with Crippen LogP contribution in [0.1, 0.15) is 60.8 Å². The zero-order valence-corrected chi connectivity index (χ0v) is 17.7. The van der Waals surface area contributed by atoms with E-state index in [0.717, 1.165) is 25.7 Å². The molecule has 0 spiro atoms. The molecule has 0 nitrogen and oxygen atoms in total. The van der Waals surface area contributed by atoms with E-state index < -0.39 is 0 Å². The molecule has 0 heterocycles. The van der Waals surface area contributed by atoms with Crippen molar-refractivity contribution >= 4 is 21.5 Å². The first-order valence-electron chi connectivity index (χ1n) is 10.8. The highest BCUT2D eigenvalue weighted by Gasteiger charge is 2.14. The van der Waals surface area contributed by atoms with Crippen LogP contribution >= 0.6 is 0 Å². The van der Waals surface area contributed by atoms with E-state index >= 15 is 0 Å². The Bertz CT molecular complexity index is 894. The van der Waals surface area contributed by atoms with Crippen molar-refractivity contribution in [3.05, 3.63) is 84.0 Å². The zero-order chi connectivity index (χ0) is 19.9. The van der Waals surface area contributed by atoms with Crippen LogP contribution in [0.4, 0.5) is 0 Å². The summed E-state index contributed by atoms with van der Waals surface area (Å²) in [7, 11) is 0. The number of benzene rings is 3. The molecule has 0 N–H and O–H groups in total. The minimum atomic E-state index is 1.11. The molecule has 0 aliphatic carbocycles. The largest absolute Gasteiger partial charge is 0.103 e. The van der Waals surface area contributed by atoms with Gasteiger partial charge in [-0.1, -0.05) is 59.7 Å². The summed E-state index contributed by atoms with van der Waals surface area (Å²) in [5, 5.41) is 5.76. The van der Waals surface area contributed by atoms with Crippen molar-refractivity contribution in [2.45, 2.75) is 65.2 Å². The van der Waals surface area contributed by atoms with Gasteiger partial charge in [0, 0.05) is 0 Å². The molecule has 0 saturated heterocycles. The minimum absolute atomic E-state index is 1.11. The molecule has 0 radical (unpaired) electrons. The van der Waals surface area contributed by atoms with Gasteiger partial charge in [-0.2, -0.15) is 0 Å². The lowest BCUT2D eigenvalue weighted by molar-refractivity contribution is 0.725. The smallest absolute Gasteiger partial charge is 0.0102 e. The number of hydrogen-bond acceptors (Lipinski definition) is 0. The Morgan fingerprint density at radius 2 is 1.04 bits per heavy atom. The number of unbranched alkanes of at least 4 members (excludes halogenated alkanes) is 4. The van der Waals surface area contributed by atoms with Gasteiger partial charge in [-0.15, -0.1) is 13.2 Å². The molecule has 3 aromatic carbocycles. The predicted octanol–water partition coefficient (Wildman–Crippen LogP) is 8.41. The van der Waals surface area contributed by atoms with Crippen LogP contribution in [0.3, 0.4) is 0 Å². The maximum atomic E-state index is 3.88. The second kappa shape index (κ2) is 9.73. The van der Waals surface area contributed by atoms with Crippen molar-refractivity contribution in [2.24, 2.45) is 0 Å². The molecule has 0 aliphatic rings. The monoisotopic (exact) mass is 370 g/mol. The Labute approximate surface area is 171 Å². The van der Waals surface area contributed by atoms with Crippen LogP contribution in [0.25, 0.3) is 21.5 Å². The average Bonchev–Trinajstić information content (AvgIpc) is 2.69. The molecule has 28 heavy (non-hydrogen) atoms. The lowest BCUT2D eigenvalue weighted by atomic mass is 9.85. The molecule has 0 bridgehead atoms. The highest BCUT2D eigenvalue weighted by Crippen LogP contribution is 2.36. The third-order valence-electron chi connectivity index (χ3n) is 5.82. The number of fused-ring (bicyclic) bond motifs is 3. The third-order valence-corrected chi connectivity index (χ3v) is 5.82. The average molecular weight is 371 g/mol. The highest BCUT2D eigenvalue weighted by molar-refractivity contribution is 6.11. The Morgan fingerprint density at radius 1 is 0.607 bits per heavy atom. The summed E-state index contributed by atoms with van der Waals surface area (Å²) in [6, 6.07) is 14.0. The molecule has 0 fully saturated rings. The lowest BCUT2D eigenvalue weighted by Crippen LogP contribution is -2.00. The maximum Gasteiger partial charge on any atom is -0.0102 e. The van der Waals surface area contributed by atoms with Crippen LogP contribution in [-0.2, 0) is 12.8 Å². The zero-order valence-electron chi connectivity index (χ0n) is 17.7. The van der Waals surface area contributed by atoms with Crippen LogP contribution in [-0.4, -0.2) is 0 Å². The topological polar surface area (TPSA) is 0 Å². The molecule has 146 valence electrons. The summed E-state index contributed by atoms with van der Waals surface area (Å²) in [5.74, 6) is 0. The SMILES string of the molecule is C=CCCCCc1c(CCCCC=C)c2cc(C)ccc2c2ccc(C)cc12. The fourth-order valence-corrected chi connectivity index (χ4v) is 4.36. The highest BCUT2D eigenvalue weighted by atomic mass is 14.2. The van der Waals surface area contributed by atoms with E-state index in [4.69, 9.17) is 0 Å². The van der Waals surface area contributed by atoms with Gasteiger partial charge in [0.2, 0.25) is 0 Å². The number of rotatable bonds is 10. The van der Waals surface area contributed by atoms with E-state index in [-0.39, 0.29) is 0 Å². The predicted molar refractivity (Wildman–Crippen MR) is 126 cm³/mol. The summed E-state index contributed by atoms with van der Waals surface area (Å²) in [4.78, 5) is 0. The van der Waals surface area contributed by atoms with Crippen LogP contribution in [0.15, 0.2) is 61.7 Å². The van der Waals surface area contributed by atoms with Crippen molar-refractivity contribution < 1.29 is 0 Å². The second-order valence-electron chi connectivity index (χ2n) is 8.12. The van der Waals surface area contributed by atoms with Gasteiger partial charge >= 0.3 is 0 Å². The second-order valence-corrected chi connectivity index (χ2v) is 8.12. The molecule has 0 aliphatic heterocycles. The molecule has 3 rings (SSSR count). The molecular weight excluding hydrogens is 336 g/mol. The minimum Gasteiger partial charge on any atom is -0.103 e. The first kappa shape index (κ1) is 20.4. The van der Waals surface area contributed by atoms with Crippen LogP contribution < -0.4 is 0 Å². The summed E-state index contributed by atoms with van der Waals surface area (Å²) >= 11 is 0. The van der Waals surface area contributed by atoms with Crippen LogP contribution in [0.2, 0.25) is 0 Å². The molecule has 0 aromatic heterocycles. The first-order chi connectivity index (χ1) is 13.7. The fraction of sp³-hybridized carbons (Fsp3) is 0.357. The lowest BCUT2D eigenvalue weighted by Gasteiger charge is -2.19. The van der Waals surface area contributed by atoms with Crippen molar-refractivity contribution in [1.29, 1.82) is 0 Å². The molecule has 0 unspecified atom stereocenters. The molecule has 0 saturated carbocycles. The van der Waals surface area contributed by atoms with Gasteiger partial charge in [0.15, 0.2) is 0 Å². The number of hydrogen-bond donors (Lipinski definition) is 0. The van der Waals surface area contributed by atoms with Gasteiger partial charge in [-0.05, 0) is 97.9 Å². The van der Waals surface area contributed by atoms with E-state index in [0.29, 0.717) is 0 Å². The maximum absolute atomic E-state index is 3.88. The number of allylic oxidation sites excluding steroid dienone is 2. The molecule has 3 aromatic rings. The van der Waals surface area contributed by atoms with Gasteiger partial charge in [-0.3, -0.25) is 0 Å². The van der Waals surface area contributed by atoms with E-state index in [1.807, 2.05) is 12.2 Å². The Hall–Kier alpha value is -2.34. The quantitative estimate of drug-likeness (QED) is 0.191. The summed E-state index contributed by atoms with van der Waals surface area (Å²) in [5.41, 5.74) is 5.87. The standard InChI is InChI=1S/C28H34/c1-5-7-9-11-13-23-24(14-12-10-8-6-2)28-20-22(4)16-18-26(28)25-17-15-21(3)19-27(23)25/h5-6,15-20H,1-2,7-14H2,3-4H3. The summed E-state index contributed by atoms with van der Waals surface area (Å²) < 4.78 is 0. The fourth-order valence-electron chi connectivity index (χ4n) is 4.36. The Kier molecular flexibility index (Phi) is 7.09. The van der Waals surface area contributed by atoms with E-state index in [9.17, 15) is 0 Å². The van der Waals surface area contributed by atoms with Crippen molar-refractivity contribution in [3.63, 3.8) is 0 Å². The Morgan fingerprint density at radius 3 is 1.43 bits per heavy atom.